The van der Waals surface area contributed by atoms with Crippen LogP contribution in [0.4, 0.5) is 4.39 Å². The molecule has 0 bridgehead atoms. The van der Waals surface area contributed by atoms with Gasteiger partial charge in [0.2, 0.25) is 0 Å². The van der Waals surface area contributed by atoms with Crippen molar-refractivity contribution < 1.29 is 12.8 Å². The monoisotopic (exact) mass is 365 g/mol. The summed E-state index contributed by atoms with van der Waals surface area (Å²) in [6, 6.07) is 7.54. The van der Waals surface area contributed by atoms with Gasteiger partial charge in [0.15, 0.2) is 9.84 Å². The van der Waals surface area contributed by atoms with E-state index >= 15 is 0 Å². The van der Waals surface area contributed by atoms with Gasteiger partial charge in [-0.2, -0.15) is 10.4 Å². The third-order valence-corrected chi connectivity index (χ3v) is 4.77. The Labute approximate surface area is 146 Å². The number of rotatable bonds is 10. The van der Waals surface area contributed by atoms with Crippen molar-refractivity contribution in [2.75, 3.05) is 26.0 Å². The maximum atomic E-state index is 13.1. The molecule has 7 nitrogen and oxygen atoms in total. The van der Waals surface area contributed by atoms with Crippen molar-refractivity contribution in [2.24, 2.45) is 10.1 Å². The standard InChI is InChI=1S/C16H20FN5O2S/c1-20-8-6-14(22-19)12-21-15(11-17)10-13-2-4-16(5-3-13)25(23,24)9-7-18/h2-5,12,19-20H,6,8-11H2,1H3/b14-12-,21-15+,22-19?. The van der Waals surface area contributed by atoms with Crippen LogP contribution in [0.2, 0.25) is 0 Å². The number of alkyl halides is 1. The normalized spacial score (nSPS) is 12.7. The van der Waals surface area contributed by atoms with Crippen LogP contribution < -0.4 is 5.32 Å². The molecular formula is C16H20FN5O2S. The Morgan fingerprint density at radius 2 is 2.08 bits per heavy atom. The highest BCUT2D eigenvalue weighted by Gasteiger charge is 2.13. The molecule has 0 amide bonds. The summed E-state index contributed by atoms with van der Waals surface area (Å²) < 4.78 is 36.7. The number of hydrogen-bond donors (Lipinski definition) is 2. The molecule has 0 aromatic heterocycles. The molecule has 0 radical (unpaired) electrons. The molecule has 0 heterocycles. The summed E-state index contributed by atoms with van der Waals surface area (Å²) in [5, 5.41) is 14.8. The van der Waals surface area contributed by atoms with Gasteiger partial charge in [-0.15, -0.1) is 0 Å². The Bertz CT molecular complexity index is 780. The molecule has 2 N–H and O–H groups in total. The smallest absolute Gasteiger partial charge is 0.191 e. The number of hydrogen-bond acceptors (Lipinski definition) is 7. The fraction of sp³-hybridized carbons (Fsp3) is 0.375. The van der Waals surface area contributed by atoms with E-state index in [0.29, 0.717) is 24.2 Å². The topological polar surface area (TPSA) is 119 Å². The zero-order chi connectivity index (χ0) is 18.7. The molecule has 0 aliphatic heterocycles. The minimum Gasteiger partial charge on any atom is -0.319 e. The average molecular weight is 365 g/mol. The lowest BCUT2D eigenvalue weighted by Gasteiger charge is -2.05. The molecule has 0 saturated heterocycles. The van der Waals surface area contributed by atoms with Gasteiger partial charge >= 0.3 is 0 Å². The SMILES string of the molecule is CNCC/C(=C/N=C(/CF)Cc1ccc(S(=O)(=O)CC#N)cc1)N=N. The highest BCUT2D eigenvalue weighted by Crippen LogP contribution is 2.13. The largest absolute Gasteiger partial charge is 0.319 e. The number of halogens is 1. The summed E-state index contributed by atoms with van der Waals surface area (Å²) in [6.45, 7) is -0.129. The Morgan fingerprint density at radius 1 is 1.40 bits per heavy atom. The van der Waals surface area contributed by atoms with Crippen molar-refractivity contribution in [1.29, 1.82) is 10.8 Å². The van der Waals surface area contributed by atoms with Gasteiger partial charge in [-0.3, -0.25) is 4.99 Å². The lowest BCUT2D eigenvalue weighted by molar-refractivity contribution is 0.577. The third kappa shape index (κ3) is 6.91. The molecule has 0 unspecified atom stereocenters. The number of nitrogens with zero attached hydrogens (tertiary/aromatic N) is 3. The summed E-state index contributed by atoms with van der Waals surface area (Å²) in [7, 11) is -1.83. The fourth-order valence-corrected chi connectivity index (χ4v) is 2.80. The summed E-state index contributed by atoms with van der Waals surface area (Å²) in [5.74, 6) is -0.583. The number of nitrogens with one attached hydrogen (secondary N) is 2. The van der Waals surface area contributed by atoms with Crippen LogP contribution in [0.5, 0.6) is 0 Å². The van der Waals surface area contributed by atoms with Crippen LogP contribution in [-0.2, 0) is 16.3 Å². The molecule has 1 rings (SSSR count). The zero-order valence-electron chi connectivity index (χ0n) is 13.9. The minimum atomic E-state index is -3.61. The van der Waals surface area contributed by atoms with Gasteiger partial charge in [-0.1, -0.05) is 12.1 Å². The van der Waals surface area contributed by atoms with E-state index in [0.717, 1.165) is 0 Å². The van der Waals surface area contributed by atoms with Crippen molar-refractivity contribution in [3.63, 3.8) is 0 Å². The Hall–Kier alpha value is -2.44. The van der Waals surface area contributed by atoms with E-state index in [2.05, 4.69) is 15.4 Å². The van der Waals surface area contributed by atoms with E-state index in [1.165, 1.54) is 18.3 Å². The first-order chi connectivity index (χ1) is 12.0. The summed E-state index contributed by atoms with van der Waals surface area (Å²) >= 11 is 0. The van der Waals surface area contributed by atoms with E-state index in [1.807, 2.05) is 0 Å². The van der Waals surface area contributed by atoms with Crippen LogP contribution in [0, 0.1) is 16.9 Å². The molecular weight excluding hydrogens is 345 g/mol. The van der Waals surface area contributed by atoms with Crippen molar-refractivity contribution in [2.45, 2.75) is 17.7 Å². The van der Waals surface area contributed by atoms with Gasteiger partial charge in [0, 0.05) is 19.4 Å². The maximum Gasteiger partial charge on any atom is 0.191 e. The molecule has 0 fully saturated rings. The van der Waals surface area contributed by atoms with Crippen molar-refractivity contribution >= 4 is 15.5 Å². The van der Waals surface area contributed by atoms with Gasteiger partial charge < -0.3 is 5.32 Å². The van der Waals surface area contributed by atoms with Gasteiger partial charge in [0.05, 0.1) is 28.6 Å². The molecule has 0 spiro atoms. The van der Waals surface area contributed by atoms with E-state index in [-0.39, 0.29) is 17.0 Å². The summed E-state index contributed by atoms with van der Waals surface area (Å²) in [5.41, 5.74) is 8.44. The van der Waals surface area contributed by atoms with Gasteiger partial charge in [-0.05, 0) is 24.7 Å². The average Bonchev–Trinajstić information content (AvgIpc) is 2.61. The van der Waals surface area contributed by atoms with Crippen LogP contribution in [0.15, 0.2) is 51.2 Å². The van der Waals surface area contributed by atoms with E-state index < -0.39 is 22.3 Å². The van der Waals surface area contributed by atoms with Gasteiger partial charge in [0.1, 0.15) is 12.4 Å². The van der Waals surface area contributed by atoms with Crippen LogP contribution in [0.25, 0.3) is 0 Å². The second-order valence-corrected chi connectivity index (χ2v) is 7.14. The van der Waals surface area contributed by atoms with E-state index in [4.69, 9.17) is 10.8 Å². The number of benzene rings is 1. The molecule has 9 heteroatoms. The lowest BCUT2D eigenvalue weighted by Crippen LogP contribution is -2.08. The predicted octanol–water partition coefficient (Wildman–Crippen LogP) is 2.42. The Balaban J connectivity index is 2.88. The molecule has 1 aromatic rings. The highest BCUT2D eigenvalue weighted by atomic mass is 32.2. The number of aliphatic imine (C=N–C) groups is 1. The van der Waals surface area contributed by atoms with E-state index in [9.17, 15) is 12.8 Å². The van der Waals surface area contributed by atoms with Crippen LogP contribution in [-0.4, -0.2) is 40.1 Å². The minimum absolute atomic E-state index is 0.0544. The molecule has 0 atom stereocenters. The molecule has 0 aliphatic rings. The van der Waals surface area contributed by atoms with Crippen molar-refractivity contribution in [3.05, 3.63) is 41.7 Å². The van der Waals surface area contributed by atoms with Crippen LogP contribution in [0.1, 0.15) is 12.0 Å². The van der Waals surface area contributed by atoms with Crippen LogP contribution in [0.3, 0.4) is 0 Å². The molecule has 134 valence electrons. The number of sulfone groups is 1. The highest BCUT2D eigenvalue weighted by molar-refractivity contribution is 7.91. The quantitative estimate of drug-likeness (QED) is 0.489. The van der Waals surface area contributed by atoms with E-state index in [1.54, 1.807) is 25.2 Å². The van der Waals surface area contributed by atoms with Gasteiger partial charge in [-0.25, -0.2) is 18.3 Å². The van der Waals surface area contributed by atoms with Crippen molar-refractivity contribution in [1.82, 2.24) is 5.32 Å². The summed E-state index contributed by atoms with van der Waals surface area (Å²) in [4.78, 5) is 4.09. The summed E-state index contributed by atoms with van der Waals surface area (Å²) in [6.07, 6.45) is 2.09. The maximum absolute atomic E-state index is 13.1. The Morgan fingerprint density at radius 3 is 2.60 bits per heavy atom. The molecule has 25 heavy (non-hydrogen) atoms. The predicted molar refractivity (Wildman–Crippen MR) is 93.0 cm³/mol. The van der Waals surface area contributed by atoms with Crippen molar-refractivity contribution in [3.8, 4) is 6.07 Å². The second kappa shape index (κ2) is 10.4. The van der Waals surface area contributed by atoms with Crippen LogP contribution >= 0.6 is 0 Å². The first-order valence-corrected chi connectivity index (χ1v) is 9.13. The first-order valence-electron chi connectivity index (χ1n) is 7.48. The first kappa shape index (κ1) is 20.6. The second-order valence-electron chi connectivity index (χ2n) is 5.15. The fourth-order valence-electron chi connectivity index (χ4n) is 1.91. The Kier molecular flexibility index (Phi) is 8.60. The third-order valence-electron chi connectivity index (χ3n) is 3.27. The lowest BCUT2D eigenvalue weighted by atomic mass is 10.1. The molecule has 0 aliphatic carbocycles. The number of nitriles is 1. The molecule has 0 saturated carbocycles. The van der Waals surface area contributed by atoms with Gasteiger partial charge in [0.25, 0.3) is 0 Å². The molecule has 1 aromatic carbocycles. The zero-order valence-corrected chi connectivity index (χ0v) is 14.7.